The van der Waals surface area contributed by atoms with Crippen molar-refractivity contribution in [3.05, 3.63) is 73.1 Å². The number of benzene rings is 2. The van der Waals surface area contributed by atoms with Crippen LogP contribution in [-0.2, 0) is 23.5 Å². The molecule has 5 rings (SSSR count). The first-order valence-corrected chi connectivity index (χ1v) is 19.1. The van der Waals surface area contributed by atoms with Gasteiger partial charge in [-0.2, -0.15) is 14.4 Å². The van der Waals surface area contributed by atoms with E-state index in [-0.39, 0.29) is 53.7 Å². The lowest BCUT2D eigenvalue weighted by molar-refractivity contribution is -0.159. The molecule has 0 bridgehead atoms. The van der Waals surface area contributed by atoms with Crippen LogP contribution in [0.5, 0.6) is 0 Å². The number of ketones is 1. The second-order valence-corrected chi connectivity index (χ2v) is 18.1. The van der Waals surface area contributed by atoms with E-state index < -0.39 is 38.3 Å². The van der Waals surface area contributed by atoms with E-state index in [1.165, 1.54) is 10.9 Å². The summed E-state index contributed by atoms with van der Waals surface area (Å²) in [7, 11) is -3.11. The minimum Gasteiger partial charge on any atom is -0.458 e. The van der Waals surface area contributed by atoms with E-state index in [1.54, 1.807) is 0 Å². The molecule has 264 valence electrons. The summed E-state index contributed by atoms with van der Waals surface area (Å²) < 4.78 is 35.8. The van der Waals surface area contributed by atoms with Gasteiger partial charge in [-0.25, -0.2) is 4.98 Å². The maximum Gasteiger partial charge on any atom is 0.312 e. The van der Waals surface area contributed by atoms with Gasteiger partial charge in [-0.05, 0) is 21.8 Å². The number of carbonyl (C=O) groups excluding carboxylic acids is 2. The van der Waals surface area contributed by atoms with Crippen LogP contribution in [0.4, 0.5) is 10.2 Å². The number of Topliss-reactive ketones (excluding diaryl/α,β-unsaturated/α-hetero) is 1. The second kappa shape index (κ2) is 15.6. The fourth-order valence-corrected chi connectivity index (χ4v) is 11.4. The van der Waals surface area contributed by atoms with Gasteiger partial charge in [0.25, 0.3) is 8.32 Å². The summed E-state index contributed by atoms with van der Waals surface area (Å²) >= 11 is 0. The number of halogens is 1. The number of terminal acetylenes is 1. The molecule has 0 radical (unpaired) electrons. The SMILES string of the molecule is C#C[C@]1(CO[Si](c2ccccc2)(c2ccccc2)C(C)(C)C)O[C@@H](n2cnc3c(N)nc(F)nc32)C[C@@H]1OC(=O)CCC(=O)CCCCCC. The first-order chi connectivity index (χ1) is 23.9. The molecule has 10 nitrogen and oxygen atoms in total. The molecule has 1 aliphatic rings. The summed E-state index contributed by atoms with van der Waals surface area (Å²) in [6.07, 6.45) is 9.29. The lowest BCUT2D eigenvalue weighted by atomic mass is 9.98. The Bertz CT molecular complexity index is 1780. The number of hydrogen-bond acceptors (Lipinski definition) is 9. The third-order valence-electron chi connectivity index (χ3n) is 9.37. The molecule has 2 aromatic heterocycles. The largest absolute Gasteiger partial charge is 0.458 e. The quantitative estimate of drug-likeness (QED) is 0.0550. The van der Waals surface area contributed by atoms with Crippen LogP contribution in [0.15, 0.2) is 67.0 Å². The van der Waals surface area contributed by atoms with E-state index >= 15 is 0 Å². The average Bonchev–Trinajstić information content (AvgIpc) is 3.68. The highest BCUT2D eigenvalue weighted by atomic mass is 28.4. The third kappa shape index (κ3) is 7.65. The van der Waals surface area contributed by atoms with Gasteiger partial charge in [0.15, 0.2) is 22.6 Å². The molecule has 0 amide bonds. The molecule has 4 aromatic rings. The van der Waals surface area contributed by atoms with Crippen molar-refractivity contribution in [3.8, 4) is 12.3 Å². The molecule has 3 atom stereocenters. The number of esters is 1. The van der Waals surface area contributed by atoms with Crippen molar-refractivity contribution < 1.29 is 27.9 Å². The summed E-state index contributed by atoms with van der Waals surface area (Å²) in [4.78, 5) is 37.7. The molecule has 0 saturated carbocycles. The molecule has 50 heavy (non-hydrogen) atoms. The Morgan fingerprint density at radius 1 is 1.04 bits per heavy atom. The number of hydrogen-bond donors (Lipinski definition) is 1. The Balaban J connectivity index is 1.49. The zero-order valence-electron chi connectivity index (χ0n) is 29.2. The monoisotopic (exact) mass is 699 g/mol. The molecule has 2 aromatic carbocycles. The lowest BCUT2D eigenvalue weighted by Crippen LogP contribution is -2.68. The highest BCUT2D eigenvalue weighted by Gasteiger charge is 2.56. The number of imidazole rings is 1. The second-order valence-electron chi connectivity index (χ2n) is 13.8. The highest BCUT2D eigenvalue weighted by molar-refractivity contribution is 6.99. The van der Waals surface area contributed by atoms with E-state index in [4.69, 9.17) is 26.1 Å². The van der Waals surface area contributed by atoms with Crippen LogP contribution in [0, 0.1) is 18.4 Å². The van der Waals surface area contributed by atoms with Gasteiger partial charge in [0.05, 0.1) is 19.4 Å². The predicted octanol–water partition coefficient (Wildman–Crippen LogP) is 5.65. The molecule has 0 aliphatic carbocycles. The van der Waals surface area contributed by atoms with Crippen LogP contribution >= 0.6 is 0 Å². The fraction of sp³-hybridized carbons (Fsp3) is 0.447. The van der Waals surface area contributed by atoms with Crippen molar-refractivity contribution in [2.45, 2.75) is 102 Å². The lowest BCUT2D eigenvalue weighted by Gasteiger charge is -2.44. The Kier molecular flexibility index (Phi) is 11.5. The Labute approximate surface area is 294 Å². The summed E-state index contributed by atoms with van der Waals surface area (Å²) in [6, 6.07) is 20.1. The fourth-order valence-electron chi connectivity index (χ4n) is 6.78. The van der Waals surface area contributed by atoms with Gasteiger partial charge in [-0.1, -0.05) is 114 Å². The Hall–Kier alpha value is -4.44. The zero-order valence-corrected chi connectivity index (χ0v) is 30.2. The van der Waals surface area contributed by atoms with Gasteiger partial charge in [0.2, 0.25) is 0 Å². The van der Waals surface area contributed by atoms with Crippen LogP contribution in [0.1, 0.15) is 85.3 Å². The maximum atomic E-state index is 14.3. The first kappa shape index (κ1) is 36.8. The van der Waals surface area contributed by atoms with E-state index in [1.807, 2.05) is 36.4 Å². The van der Waals surface area contributed by atoms with Crippen molar-refractivity contribution in [2.24, 2.45) is 0 Å². The van der Waals surface area contributed by atoms with Crippen LogP contribution < -0.4 is 16.1 Å². The number of nitrogen functional groups attached to an aromatic ring is 1. The molecule has 12 heteroatoms. The minimum absolute atomic E-state index is 0.0148. The van der Waals surface area contributed by atoms with Crippen LogP contribution in [-0.4, -0.2) is 57.9 Å². The number of unbranched alkanes of at least 4 members (excludes halogenated alkanes) is 3. The topological polar surface area (TPSA) is 131 Å². The number of nitrogens with two attached hydrogens (primary N) is 1. The number of nitrogens with zero attached hydrogens (tertiary/aromatic N) is 4. The van der Waals surface area contributed by atoms with Gasteiger partial charge in [-0.3, -0.25) is 14.2 Å². The molecule has 0 spiro atoms. The van der Waals surface area contributed by atoms with Crippen molar-refractivity contribution in [1.82, 2.24) is 19.5 Å². The number of fused-ring (bicyclic) bond motifs is 1. The zero-order chi connectivity index (χ0) is 35.9. The number of aromatic nitrogens is 4. The Morgan fingerprint density at radius 3 is 2.30 bits per heavy atom. The van der Waals surface area contributed by atoms with Crippen molar-refractivity contribution in [3.63, 3.8) is 0 Å². The van der Waals surface area contributed by atoms with E-state index in [2.05, 4.69) is 72.8 Å². The first-order valence-electron chi connectivity index (χ1n) is 17.2. The molecular weight excluding hydrogens is 654 g/mol. The van der Waals surface area contributed by atoms with Crippen molar-refractivity contribution in [2.75, 3.05) is 12.3 Å². The van der Waals surface area contributed by atoms with Crippen molar-refractivity contribution >= 4 is 47.4 Å². The van der Waals surface area contributed by atoms with E-state index in [0.717, 1.165) is 36.1 Å². The predicted molar refractivity (Wildman–Crippen MR) is 192 cm³/mol. The molecule has 3 heterocycles. The van der Waals surface area contributed by atoms with Gasteiger partial charge >= 0.3 is 12.0 Å². The van der Waals surface area contributed by atoms with Gasteiger partial charge in [-0.15, -0.1) is 6.42 Å². The number of ether oxygens (including phenoxy) is 2. The average molecular weight is 700 g/mol. The summed E-state index contributed by atoms with van der Waals surface area (Å²) in [5, 5.41) is 1.70. The standard InChI is InChI=1S/C38H46FN5O5Si/c1-6-8-9-12-17-27(45)22-23-32(46)48-30-24-31(44-26-41-33-34(40)42-36(39)43-35(33)44)49-38(30,7-2)25-47-50(37(3,4)5,28-18-13-10-14-19-28)29-20-15-11-16-21-29/h2,10-11,13-16,18-21,26,30-31H,6,8-9,12,17,22-25H2,1,3-5H3,(H2,40,42,43)/t30-,31+,38+/m0/s1. The van der Waals surface area contributed by atoms with Crippen LogP contribution in [0.25, 0.3) is 11.2 Å². The molecule has 0 unspecified atom stereocenters. The summed E-state index contributed by atoms with van der Waals surface area (Å²) in [5.74, 6) is 2.12. The summed E-state index contributed by atoms with van der Waals surface area (Å²) in [5.41, 5.74) is 4.68. The smallest absolute Gasteiger partial charge is 0.312 e. The molecular formula is C38H46FN5O5Si. The maximum absolute atomic E-state index is 14.3. The van der Waals surface area contributed by atoms with Crippen LogP contribution in [0.3, 0.4) is 0 Å². The normalized spacial score (nSPS) is 19.4. The van der Waals surface area contributed by atoms with Gasteiger partial charge < -0.3 is 19.6 Å². The molecule has 1 saturated heterocycles. The number of carbonyl (C=O) groups is 2. The molecule has 1 fully saturated rings. The third-order valence-corrected chi connectivity index (χ3v) is 14.4. The van der Waals surface area contributed by atoms with E-state index in [0.29, 0.717) is 6.42 Å². The minimum atomic E-state index is -3.11. The molecule has 2 N–H and O–H groups in total. The van der Waals surface area contributed by atoms with Gasteiger partial charge in [0.1, 0.15) is 18.1 Å². The van der Waals surface area contributed by atoms with Crippen molar-refractivity contribution in [1.29, 1.82) is 0 Å². The van der Waals surface area contributed by atoms with Crippen LogP contribution in [0.2, 0.25) is 5.04 Å². The number of rotatable bonds is 15. The highest BCUT2D eigenvalue weighted by Crippen LogP contribution is 2.43. The van der Waals surface area contributed by atoms with Gasteiger partial charge in [0, 0.05) is 19.3 Å². The molecule has 1 aliphatic heterocycles. The van der Waals surface area contributed by atoms with E-state index in [9.17, 15) is 14.0 Å². The summed E-state index contributed by atoms with van der Waals surface area (Å²) in [6.45, 7) is 8.43. The number of anilines is 1. The Morgan fingerprint density at radius 2 is 1.70 bits per heavy atom.